The summed E-state index contributed by atoms with van der Waals surface area (Å²) in [7, 11) is -7.56. The number of primary sulfonamides is 1. The molecule has 2 rings (SSSR count). The second kappa shape index (κ2) is 4.58. The zero-order valence-corrected chi connectivity index (χ0v) is 12.8. The highest BCUT2D eigenvalue weighted by molar-refractivity contribution is 7.94. The van der Waals surface area contributed by atoms with E-state index in [1.807, 2.05) is 13.8 Å². The van der Waals surface area contributed by atoms with Gasteiger partial charge in [0.15, 0.2) is 0 Å². The topological polar surface area (TPSA) is 97.5 Å². The summed E-state index contributed by atoms with van der Waals surface area (Å²) in [6.07, 6.45) is 3.04. The van der Waals surface area contributed by atoms with Gasteiger partial charge in [-0.05, 0) is 18.1 Å². The fourth-order valence-electron chi connectivity index (χ4n) is 1.69. The van der Waals surface area contributed by atoms with Crippen LogP contribution in [0.1, 0.15) is 19.4 Å². The zero-order valence-electron chi connectivity index (χ0n) is 10.4. The fraction of sp³-hybridized carbons (Fsp3) is 0.400. The molecule has 2 N–H and O–H groups in total. The second-order valence-electron chi connectivity index (χ2n) is 4.64. The van der Waals surface area contributed by atoms with Crippen molar-refractivity contribution >= 4 is 37.5 Å². The Kier molecular flexibility index (Phi) is 3.50. The molecule has 1 aliphatic rings. The number of thiophene rings is 1. The van der Waals surface area contributed by atoms with Gasteiger partial charge in [-0.15, -0.1) is 11.3 Å². The highest BCUT2D eigenvalue weighted by Crippen LogP contribution is 2.36. The van der Waals surface area contributed by atoms with E-state index in [1.54, 1.807) is 6.08 Å². The standard InChI is InChI=1S/C10H14N2O4S3/c1-7(2)6-12-4-3-8-5-9(18(11,13)14)17-10(8)19(12,15)16/h3-5,7H,6H2,1-2H3,(H2,11,13,14). The third-order valence-electron chi connectivity index (χ3n) is 2.49. The van der Waals surface area contributed by atoms with Gasteiger partial charge >= 0.3 is 0 Å². The molecule has 0 saturated heterocycles. The average molecular weight is 322 g/mol. The molecule has 19 heavy (non-hydrogen) atoms. The Balaban J connectivity index is 2.53. The maximum atomic E-state index is 12.3. The minimum Gasteiger partial charge on any atom is -0.272 e. The molecule has 1 aromatic rings. The van der Waals surface area contributed by atoms with Crippen molar-refractivity contribution in [2.24, 2.45) is 11.1 Å². The molecule has 0 atom stereocenters. The van der Waals surface area contributed by atoms with Crippen molar-refractivity contribution < 1.29 is 16.8 Å². The van der Waals surface area contributed by atoms with E-state index in [1.165, 1.54) is 16.6 Å². The SMILES string of the molecule is CC(C)CN1C=Cc2cc(S(N)(=O)=O)sc2S1(=O)=O. The van der Waals surface area contributed by atoms with Gasteiger partial charge in [0.1, 0.15) is 8.42 Å². The zero-order chi connectivity index (χ0) is 14.4. The second-order valence-corrected chi connectivity index (χ2v) is 9.56. The lowest BCUT2D eigenvalue weighted by atomic mass is 10.2. The Bertz CT molecular complexity index is 729. The average Bonchev–Trinajstić information content (AvgIpc) is 2.66. The first-order valence-electron chi connectivity index (χ1n) is 5.49. The lowest BCUT2D eigenvalue weighted by Gasteiger charge is -2.24. The largest absolute Gasteiger partial charge is 0.273 e. The number of rotatable bonds is 3. The van der Waals surface area contributed by atoms with Gasteiger partial charge < -0.3 is 0 Å². The third kappa shape index (κ3) is 2.69. The molecule has 6 nitrogen and oxygen atoms in total. The highest BCUT2D eigenvalue weighted by atomic mass is 32.3. The van der Waals surface area contributed by atoms with E-state index in [9.17, 15) is 16.8 Å². The van der Waals surface area contributed by atoms with E-state index in [2.05, 4.69) is 0 Å². The Morgan fingerprint density at radius 1 is 1.42 bits per heavy atom. The molecule has 2 heterocycles. The van der Waals surface area contributed by atoms with E-state index in [0.717, 1.165) is 0 Å². The summed E-state index contributed by atoms with van der Waals surface area (Å²) in [6, 6.07) is 1.29. The van der Waals surface area contributed by atoms with Gasteiger partial charge in [-0.25, -0.2) is 22.0 Å². The maximum Gasteiger partial charge on any atom is 0.273 e. The number of nitrogens with zero attached hydrogens (tertiary/aromatic N) is 1. The van der Waals surface area contributed by atoms with Crippen molar-refractivity contribution in [1.29, 1.82) is 0 Å². The first kappa shape index (κ1) is 14.5. The molecule has 0 aliphatic carbocycles. The van der Waals surface area contributed by atoms with Crippen molar-refractivity contribution in [2.45, 2.75) is 22.3 Å². The lowest BCUT2D eigenvalue weighted by molar-refractivity contribution is 0.444. The van der Waals surface area contributed by atoms with E-state index >= 15 is 0 Å². The molecule has 9 heteroatoms. The van der Waals surface area contributed by atoms with Crippen molar-refractivity contribution in [3.05, 3.63) is 17.8 Å². The Morgan fingerprint density at radius 2 is 2.05 bits per heavy atom. The minimum atomic E-state index is -3.89. The van der Waals surface area contributed by atoms with Crippen LogP contribution < -0.4 is 5.14 Å². The number of fused-ring (bicyclic) bond motifs is 1. The predicted molar refractivity (Wildman–Crippen MR) is 73.5 cm³/mol. The van der Waals surface area contributed by atoms with Crippen molar-refractivity contribution in [2.75, 3.05) is 6.54 Å². The predicted octanol–water partition coefficient (Wildman–Crippen LogP) is 1.03. The van der Waals surface area contributed by atoms with Gasteiger partial charge in [0.05, 0.1) is 0 Å². The Labute approximate surface area is 116 Å². The number of sulfonamides is 2. The van der Waals surface area contributed by atoms with E-state index in [-0.39, 0.29) is 14.3 Å². The monoisotopic (exact) mass is 322 g/mol. The van der Waals surface area contributed by atoms with Gasteiger partial charge in [-0.1, -0.05) is 13.8 Å². The summed E-state index contributed by atoms with van der Waals surface area (Å²) in [5.74, 6) is 0.165. The molecule has 0 spiro atoms. The van der Waals surface area contributed by atoms with Gasteiger partial charge in [0, 0.05) is 18.3 Å². The van der Waals surface area contributed by atoms with Gasteiger partial charge in [0.25, 0.3) is 10.0 Å². The van der Waals surface area contributed by atoms with E-state index < -0.39 is 20.0 Å². The van der Waals surface area contributed by atoms with Crippen molar-refractivity contribution in [3.8, 4) is 0 Å². The summed E-state index contributed by atoms with van der Waals surface area (Å²) in [5.41, 5.74) is 0.369. The van der Waals surface area contributed by atoms with Crippen molar-refractivity contribution in [3.63, 3.8) is 0 Å². The molecule has 1 aromatic heterocycles. The van der Waals surface area contributed by atoms with Crippen LogP contribution in [0.4, 0.5) is 0 Å². The van der Waals surface area contributed by atoms with Crippen LogP contribution in [-0.4, -0.2) is 27.7 Å². The molecule has 0 amide bonds. The van der Waals surface area contributed by atoms with E-state index in [0.29, 0.717) is 23.4 Å². The fourth-order valence-corrected chi connectivity index (χ4v) is 5.80. The van der Waals surface area contributed by atoms with Gasteiger partial charge in [-0.2, -0.15) is 0 Å². The number of hydrogen-bond donors (Lipinski definition) is 1. The number of hydrogen-bond acceptors (Lipinski definition) is 5. The van der Waals surface area contributed by atoms with Gasteiger partial charge in [0.2, 0.25) is 10.0 Å². The molecule has 0 fully saturated rings. The summed E-state index contributed by atoms with van der Waals surface area (Å²) in [6.45, 7) is 4.16. The van der Waals surface area contributed by atoms with Crippen LogP contribution in [0.25, 0.3) is 6.08 Å². The van der Waals surface area contributed by atoms with Gasteiger partial charge in [-0.3, -0.25) is 4.31 Å². The van der Waals surface area contributed by atoms with Crippen LogP contribution in [-0.2, 0) is 20.0 Å². The first-order valence-corrected chi connectivity index (χ1v) is 9.29. The molecular formula is C10H14N2O4S3. The summed E-state index contributed by atoms with van der Waals surface area (Å²) in [4.78, 5) is 0. The van der Waals surface area contributed by atoms with Crippen LogP contribution in [0, 0.1) is 5.92 Å². The highest BCUT2D eigenvalue weighted by Gasteiger charge is 2.32. The Hall–Kier alpha value is -0.900. The minimum absolute atomic E-state index is 0.0275. The molecule has 0 aromatic carbocycles. The Morgan fingerprint density at radius 3 is 2.58 bits per heavy atom. The van der Waals surface area contributed by atoms with Crippen molar-refractivity contribution in [1.82, 2.24) is 4.31 Å². The van der Waals surface area contributed by atoms with Crippen LogP contribution in [0.2, 0.25) is 0 Å². The third-order valence-corrected chi connectivity index (χ3v) is 7.33. The number of nitrogens with two attached hydrogens (primary N) is 1. The smallest absolute Gasteiger partial charge is 0.272 e. The lowest BCUT2D eigenvalue weighted by Crippen LogP contribution is -2.31. The summed E-state index contributed by atoms with van der Waals surface area (Å²) >= 11 is 0.686. The quantitative estimate of drug-likeness (QED) is 0.898. The first-order chi connectivity index (χ1) is 8.62. The molecule has 0 bridgehead atoms. The molecule has 1 aliphatic heterocycles. The van der Waals surface area contributed by atoms with E-state index in [4.69, 9.17) is 5.14 Å². The van der Waals surface area contributed by atoms with Crippen LogP contribution >= 0.6 is 11.3 Å². The summed E-state index contributed by atoms with van der Waals surface area (Å²) in [5, 5.41) is 5.02. The van der Waals surface area contributed by atoms with Crippen LogP contribution in [0.5, 0.6) is 0 Å². The maximum absolute atomic E-state index is 12.3. The molecule has 0 radical (unpaired) electrons. The summed E-state index contributed by atoms with van der Waals surface area (Å²) < 4.78 is 48.3. The molecular weight excluding hydrogens is 308 g/mol. The molecule has 0 saturated carbocycles. The normalized spacial score (nSPS) is 17.8. The molecule has 106 valence electrons. The van der Waals surface area contributed by atoms with Crippen LogP contribution in [0.3, 0.4) is 0 Å². The molecule has 0 unspecified atom stereocenters. The van der Waals surface area contributed by atoms with Crippen LogP contribution in [0.15, 0.2) is 20.7 Å².